The third-order valence-corrected chi connectivity index (χ3v) is 3.00. The summed E-state index contributed by atoms with van der Waals surface area (Å²) in [4.78, 5) is 19.6. The highest BCUT2D eigenvalue weighted by Crippen LogP contribution is 2.25. The van der Waals surface area contributed by atoms with Crippen molar-refractivity contribution in [3.8, 4) is 0 Å². The molecule has 3 N–H and O–H groups in total. The van der Waals surface area contributed by atoms with Crippen molar-refractivity contribution in [2.45, 2.75) is 6.54 Å². The van der Waals surface area contributed by atoms with Crippen LogP contribution in [0.2, 0.25) is 5.02 Å². The number of nitrogens with two attached hydrogens (primary N) is 1. The summed E-state index contributed by atoms with van der Waals surface area (Å²) < 4.78 is 0. The van der Waals surface area contributed by atoms with Crippen molar-refractivity contribution in [1.82, 2.24) is 9.97 Å². The zero-order valence-electron chi connectivity index (χ0n) is 9.85. The number of hydrogen-bond acceptors (Lipinski definition) is 4. The molecule has 0 amide bonds. The third kappa shape index (κ3) is 2.37. The Balaban J connectivity index is 2.38. The predicted octanol–water partition coefficient (Wildman–Crippen LogP) is 1.65. The average Bonchev–Trinajstić information content (AvgIpc) is 2.41. The minimum absolute atomic E-state index is 0.0721. The number of nitrogens with one attached hydrogen (secondary N) is 1. The molecule has 0 bridgehead atoms. The summed E-state index contributed by atoms with van der Waals surface area (Å²) >= 11 is 5.93. The lowest BCUT2D eigenvalue weighted by Crippen LogP contribution is -2.17. The fourth-order valence-corrected chi connectivity index (χ4v) is 1.82. The SMILES string of the molecule is CN(c1ccc(CN)cc1)c1nc[nH]c(=O)c1Cl. The van der Waals surface area contributed by atoms with Gasteiger partial charge in [-0.05, 0) is 17.7 Å². The van der Waals surface area contributed by atoms with Crippen LogP contribution in [0.1, 0.15) is 5.56 Å². The van der Waals surface area contributed by atoms with Crippen LogP contribution < -0.4 is 16.2 Å². The first kappa shape index (κ1) is 12.6. The van der Waals surface area contributed by atoms with Crippen molar-refractivity contribution in [2.24, 2.45) is 5.73 Å². The molecule has 6 heteroatoms. The summed E-state index contributed by atoms with van der Waals surface area (Å²) in [6, 6.07) is 7.66. The Hall–Kier alpha value is -1.85. The lowest BCUT2D eigenvalue weighted by atomic mass is 10.2. The van der Waals surface area contributed by atoms with Crippen molar-refractivity contribution in [1.29, 1.82) is 0 Å². The van der Waals surface area contributed by atoms with Crippen LogP contribution in [0.4, 0.5) is 11.5 Å². The van der Waals surface area contributed by atoms with Gasteiger partial charge in [0, 0.05) is 19.3 Å². The fraction of sp³-hybridized carbons (Fsp3) is 0.167. The molecule has 0 aliphatic heterocycles. The second-order valence-corrected chi connectivity index (χ2v) is 4.18. The minimum atomic E-state index is -0.355. The van der Waals surface area contributed by atoms with E-state index in [1.54, 1.807) is 11.9 Å². The average molecular weight is 265 g/mol. The van der Waals surface area contributed by atoms with Crippen molar-refractivity contribution < 1.29 is 0 Å². The van der Waals surface area contributed by atoms with Crippen LogP contribution >= 0.6 is 11.6 Å². The number of benzene rings is 1. The summed E-state index contributed by atoms with van der Waals surface area (Å²) in [6.07, 6.45) is 1.33. The minimum Gasteiger partial charge on any atom is -0.328 e. The van der Waals surface area contributed by atoms with Crippen molar-refractivity contribution in [2.75, 3.05) is 11.9 Å². The number of aromatic nitrogens is 2. The van der Waals surface area contributed by atoms with E-state index in [-0.39, 0.29) is 10.6 Å². The molecule has 0 radical (unpaired) electrons. The summed E-state index contributed by atoms with van der Waals surface area (Å²) in [6.45, 7) is 0.494. The van der Waals surface area contributed by atoms with Crippen molar-refractivity contribution in [3.05, 3.63) is 51.5 Å². The first-order valence-electron chi connectivity index (χ1n) is 5.39. The number of rotatable bonds is 3. The summed E-state index contributed by atoms with van der Waals surface area (Å²) in [5.41, 5.74) is 7.10. The van der Waals surface area contributed by atoms with E-state index < -0.39 is 0 Å². The summed E-state index contributed by atoms with van der Waals surface area (Å²) in [5.74, 6) is 0.418. The molecule has 94 valence electrons. The molecule has 0 aliphatic carbocycles. The Labute approximate surface area is 109 Å². The van der Waals surface area contributed by atoms with Crippen LogP contribution in [0.5, 0.6) is 0 Å². The Morgan fingerprint density at radius 2 is 2.06 bits per heavy atom. The van der Waals surface area contributed by atoms with Gasteiger partial charge in [-0.1, -0.05) is 23.7 Å². The van der Waals surface area contributed by atoms with Gasteiger partial charge in [0.2, 0.25) is 0 Å². The van der Waals surface area contributed by atoms with Gasteiger partial charge in [-0.15, -0.1) is 0 Å². The third-order valence-electron chi connectivity index (χ3n) is 2.66. The molecule has 18 heavy (non-hydrogen) atoms. The normalized spacial score (nSPS) is 10.4. The maximum Gasteiger partial charge on any atom is 0.271 e. The maximum atomic E-state index is 11.4. The first-order valence-corrected chi connectivity index (χ1v) is 5.77. The molecule has 1 heterocycles. The van der Waals surface area contributed by atoms with E-state index in [1.165, 1.54) is 6.33 Å². The van der Waals surface area contributed by atoms with Gasteiger partial charge in [0.05, 0.1) is 6.33 Å². The number of anilines is 2. The largest absolute Gasteiger partial charge is 0.328 e. The fourth-order valence-electron chi connectivity index (χ4n) is 1.59. The van der Waals surface area contributed by atoms with E-state index in [2.05, 4.69) is 9.97 Å². The molecule has 0 saturated carbocycles. The van der Waals surface area contributed by atoms with Gasteiger partial charge >= 0.3 is 0 Å². The number of halogens is 1. The highest BCUT2D eigenvalue weighted by atomic mass is 35.5. The van der Waals surface area contributed by atoms with Gasteiger partial charge in [0.1, 0.15) is 5.02 Å². The van der Waals surface area contributed by atoms with Gasteiger partial charge in [-0.3, -0.25) is 4.79 Å². The molecule has 0 unspecified atom stereocenters. The highest BCUT2D eigenvalue weighted by Gasteiger charge is 2.12. The van der Waals surface area contributed by atoms with E-state index in [9.17, 15) is 4.79 Å². The molecule has 0 fully saturated rings. The van der Waals surface area contributed by atoms with E-state index in [4.69, 9.17) is 17.3 Å². The maximum absolute atomic E-state index is 11.4. The lowest BCUT2D eigenvalue weighted by molar-refractivity contribution is 1.04. The van der Waals surface area contributed by atoms with Crippen molar-refractivity contribution in [3.63, 3.8) is 0 Å². The van der Waals surface area contributed by atoms with Gasteiger partial charge < -0.3 is 15.6 Å². The van der Waals surface area contributed by atoms with Gasteiger partial charge in [0.25, 0.3) is 5.56 Å². The molecule has 2 aromatic rings. The number of hydrogen-bond donors (Lipinski definition) is 2. The van der Waals surface area contributed by atoms with E-state index in [0.29, 0.717) is 12.4 Å². The molecule has 0 aliphatic rings. The zero-order valence-corrected chi connectivity index (χ0v) is 10.6. The quantitative estimate of drug-likeness (QED) is 0.884. The highest BCUT2D eigenvalue weighted by molar-refractivity contribution is 6.32. The van der Waals surface area contributed by atoms with Gasteiger partial charge in [-0.25, -0.2) is 4.98 Å². The van der Waals surface area contributed by atoms with Crippen LogP contribution in [-0.2, 0) is 6.54 Å². The first-order chi connectivity index (χ1) is 8.63. The molecule has 1 aromatic carbocycles. The zero-order chi connectivity index (χ0) is 13.1. The smallest absolute Gasteiger partial charge is 0.271 e. The molecule has 2 rings (SSSR count). The summed E-state index contributed by atoms with van der Waals surface area (Å²) in [7, 11) is 1.80. The van der Waals surface area contributed by atoms with Crippen LogP contribution in [-0.4, -0.2) is 17.0 Å². The van der Waals surface area contributed by atoms with E-state index >= 15 is 0 Å². The molecular weight excluding hydrogens is 252 g/mol. The number of nitrogens with zero attached hydrogens (tertiary/aromatic N) is 2. The van der Waals surface area contributed by atoms with Crippen molar-refractivity contribution >= 4 is 23.1 Å². The molecule has 0 saturated heterocycles. The van der Waals surface area contributed by atoms with Crippen LogP contribution in [0.3, 0.4) is 0 Å². The monoisotopic (exact) mass is 264 g/mol. The topological polar surface area (TPSA) is 75.0 Å². The standard InChI is InChI=1S/C12H13ClN4O/c1-17(9-4-2-8(6-14)3-5-9)11-10(13)12(18)16-7-15-11/h2-5,7H,6,14H2,1H3,(H,15,16,18). The second-order valence-electron chi connectivity index (χ2n) is 3.80. The predicted molar refractivity (Wildman–Crippen MR) is 72.3 cm³/mol. The number of H-pyrrole nitrogens is 1. The van der Waals surface area contributed by atoms with Gasteiger partial charge in [0.15, 0.2) is 5.82 Å². The molecular formula is C12H13ClN4O. The molecule has 5 nitrogen and oxygen atoms in total. The second kappa shape index (κ2) is 5.20. The van der Waals surface area contributed by atoms with Crippen LogP contribution in [0.25, 0.3) is 0 Å². The lowest BCUT2D eigenvalue weighted by Gasteiger charge is -2.19. The molecule has 1 aromatic heterocycles. The van der Waals surface area contributed by atoms with Crippen LogP contribution in [0.15, 0.2) is 35.4 Å². The Morgan fingerprint density at radius 1 is 1.39 bits per heavy atom. The van der Waals surface area contributed by atoms with Gasteiger partial charge in [-0.2, -0.15) is 0 Å². The Kier molecular flexibility index (Phi) is 3.64. The summed E-state index contributed by atoms with van der Waals surface area (Å²) in [5, 5.41) is 0.0721. The molecule has 0 spiro atoms. The van der Waals surface area contributed by atoms with E-state index in [0.717, 1.165) is 11.3 Å². The number of aromatic amines is 1. The molecule has 0 atom stereocenters. The van der Waals surface area contributed by atoms with E-state index in [1.807, 2.05) is 24.3 Å². The Bertz CT molecular complexity index is 594. The Morgan fingerprint density at radius 3 is 2.67 bits per heavy atom. The van der Waals surface area contributed by atoms with Crippen LogP contribution in [0, 0.1) is 0 Å².